The zero-order chi connectivity index (χ0) is 17.4. The van der Waals surface area contributed by atoms with Crippen LogP contribution in [-0.2, 0) is 4.79 Å². The largest absolute Gasteiger partial charge is 0.326 e. The second-order valence-electron chi connectivity index (χ2n) is 8.90. The van der Waals surface area contributed by atoms with E-state index in [2.05, 4.69) is 65.9 Å². The van der Waals surface area contributed by atoms with Gasteiger partial charge < -0.3 is 5.32 Å². The van der Waals surface area contributed by atoms with Crippen LogP contribution in [0.3, 0.4) is 0 Å². The molecule has 0 radical (unpaired) electrons. The Morgan fingerprint density at radius 3 is 2.39 bits per heavy atom. The second-order valence-corrected chi connectivity index (χ2v) is 8.90. The van der Waals surface area contributed by atoms with E-state index in [9.17, 15) is 4.79 Å². The molecule has 2 nitrogen and oxygen atoms in total. The molecule has 0 spiro atoms. The average Bonchev–Trinajstić information content (AvgIpc) is 2.41. The van der Waals surface area contributed by atoms with Crippen LogP contribution in [-0.4, -0.2) is 5.91 Å². The minimum absolute atomic E-state index is 0.187. The highest BCUT2D eigenvalue weighted by molar-refractivity contribution is 5.95. The fraction of sp³-hybridized carbons (Fsp3) is 0.667. The zero-order valence-electron chi connectivity index (χ0n) is 15.9. The zero-order valence-corrected chi connectivity index (χ0v) is 15.9. The summed E-state index contributed by atoms with van der Waals surface area (Å²) in [6.45, 7) is 15.5. The fourth-order valence-corrected chi connectivity index (χ4v) is 4.49. The van der Waals surface area contributed by atoms with E-state index in [1.807, 2.05) is 6.07 Å². The normalized spacial score (nSPS) is 27.0. The van der Waals surface area contributed by atoms with Gasteiger partial charge in [0.05, 0.1) is 5.41 Å². The number of rotatable bonds is 3. The van der Waals surface area contributed by atoms with E-state index < -0.39 is 0 Å². The van der Waals surface area contributed by atoms with Crippen molar-refractivity contribution in [1.82, 2.24) is 0 Å². The minimum atomic E-state index is -0.297. The Bertz CT molecular complexity index is 588. The van der Waals surface area contributed by atoms with Crippen molar-refractivity contribution in [2.24, 2.45) is 22.7 Å². The predicted molar refractivity (Wildman–Crippen MR) is 98.6 cm³/mol. The molecule has 0 aromatic heterocycles. The van der Waals surface area contributed by atoms with E-state index >= 15 is 0 Å². The molecule has 1 aromatic carbocycles. The SMILES string of the molecule is Cc1ccc(NC(=O)[C@@]2(C)CC(C)(C)CCC2C(C)C)cc1C. The first-order chi connectivity index (χ1) is 10.5. The lowest BCUT2D eigenvalue weighted by molar-refractivity contribution is -0.134. The van der Waals surface area contributed by atoms with Gasteiger partial charge in [0.25, 0.3) is 0 Å². The molecule has 1 amide bonds. The Morgan fingerprint density at radius 2 is 1.83 bits per heavy atom. The summed E-state index contributed by atoms with van der Waals surface area (Å²) in [6, 6.07) is 6.18. The molecule has 23 heavy (non-hydrogen) atoms. The van der Waals surface area contributed by atoms with Gasteiger partial charge in [0.15, 0.2) is 0 Å². The second kappa shape index (κ2) is 6.30. The van der Waals surface area contributed by atoms with Crippen LogP contribution in [0.4, 0.5) is 5.69 Å². The number of carbonyl (C=O) groups is 1. The maximum Gasteiger partial charge on any atom is 0.230 e. The van der Waals surface area contributed by atoms with Gasteiger partial charge >= 0.3 is 0 Å². The lowest BCUT2D eigenvalue weighted by Crippen LogP contribution is -2.48. The Morgan fingerprint density at radius 1 is 1.17 bits per heavy atom. The molecule has 1 aromatic rings. The maximum atomic E-state index is 13.2. The lowest BCUT2D eigenvalue weighted by atomic mass is 9.56. The van der Waals surface area contributed by atoms with Crippen molar-refractivity contribution >= 4 is 11.6 Å². The Hall–Kier alpha value is -1.31. The summed E-state index contributed by atoms with van der Waals surface area (Å²) in [4.78, 5) is 13.2. The predicted octanol–water partition coefficient (Wildman–Crippen LogP) is 5.73. The molecule has 2 rings (SSSR count). The van der Waals surface area contributed by atoms with Crippen LogP contribution in [0.25, 0.3) is 0 Å². The first kappa shape index (κ1) is 18.0. The molecule has 1 unspecified atom stereocenters. The minimum Gasteiger partial charge on any atom is -0.326 e. The number of anilines is 1. The van der Waals surface area contributed by atoms with Crippen LogP contribution in [0.5, 0.6) is 0 Å². The van der Waals surface area contributed by atoms with Crippen molar-refractivity contribution in [1.29, 1.82) is 0 Å². The molecule has 1 saturated carbocycles. The number of benzene rings is 1. The summed E-state index contributed by atoms with van der Waals surface area (Å²) in [5.74, 6) is 1.16. The smallest absolute Gasteiger partial charge is 0.230 e. The van der Waals surface area contributed by atoms with E-state index in [1.165, 1.54) is 17.5 Å². The van der Waals surface area contributed by atoms with Crippen molar-refractivity contribution in [3.63, 3.8) is 0 Å². The third kappa shape index (κ3) is 3.79. The van der Waals surface area contributed by atoms with Crippen LogP contribution in [0.2, 0.25) is 0 Å². The average molecular weight is 316 g/mol. The molecule has 128 valence electrons. The molecule has 0 saturated heterocycles. The number of hydrogen-bond donors (Lipinski definition) is 1. The summed E-state index contributed by atoms with van der Waals surface area (Å²) in [5, 5.41) is 3.20. The molecule has 2 heteroatoms. The maximum absolute atomic E-state index is 13.2. The Labute approximate surface area is 142 Å². The summed E-state index contributed by atoms with van der Waals surface area (Å²) in [7, 11) is 0. The van der Waals surface area contributed by atoms with Gasteiger partial charge in [-0.3, -0.25) is 4.79 Å². The molecule has 1 N–H and O–H groups in total. The van der Waals surface area contributed by atoms with Gasteiger partial charge in [-0.15, -0.1) is 0 Å². The quantitative estimate of drug-likeness (QED) is 0.758. The molecular formula is C21H33NO. The number of hydrogen-bond acceptors (Lipinski definition) is 1. The van der Waals surface area contributed by atoms with Gasteiger partial charge in [-0.1, -0.05) is 40.7 Å². The molecule has 0 aliphatic heterocycles. The number of nitrogens with one attached hydrogen (secondary N) is 1. The van der Waals surface area contributed by atoms with E-state index in [1.54, 1.807) is 0 Å². The number of amides is 1. The lowest BCUT2D eigenvalue weighted by Gasteiger charge is -2.49. The molecule has 0 heterocycles. The van der Waals surface area contributed by atoms with E-state index in [0.29, 0.717) is 11.8 Å². The van der Waals surface area contributed by atoms with Gasteiger partial charge in [0.1, 0.15) is 0 Å². The Kier molecular flexibility index (Phi) is 4.94. The van der Waals surface area contributed by atoms with E-state index in [0.717, 1.165) is 18.5 Å². The number of aryl methyl sites for hydroxylation is 2. The molecule has 0 bridgehead atoms. The monoisotopic (exact) mass is 315 g/mol. The van der Waals surface area contributed by atoms with Gasteiger partial charge in [-0.25, -0.2) is 0 Å². The van der Waals surface area contributed by atoms with Crippen LogP contribution in [0.15, 0.2) is 18.2 Å². The molecular weight excluding hydrogens is 282 g/mol. The first-order valence-corrected chi connectivity index (χ1v) is 8.94. The molecule has 2 atom stereocenters. The van der Waals surface area contributed by atoms with Crippen LogP contribution >= 0.6 is 0 Å². The van der Waals surface area contributed by atoms with Gasteiger partial charge in [-0.05, 0) is 73.6 Å². The van der Waals surface area contributed by atoms with Crippen molar-refractivity contribution in [2.45, 2.75) is 67.7 Å². The van der Waals surface area contributed by atoms with Crippen molar-refractivity contribution in [2.75, 3.05) is 5.32 Å². The van der Waals surface area contributed by atoms with Crippen LogP contribution in [0.1, 0.15) is 65.0 Å². The van der Waals surface area contributed by atoms with Gasteiger partial charge in [-0.2, -0.15) is 0 Å². The molecule has 1 aliphatic rings. The first-order valence-electron chi connectivity index (χ1n) is 8.94. The third-order valence-corrected chi connectivity index (χ3v) is 5.88. The van der Waals surface area contributed by atoms with E-state index in [4.69, 9.17) is 0 Å². The van der Waals surface area contributed by atoms with Crippen molar-refractivity contribution < 1.29 is 4.79 Å². The summed E-state index contributed by atoms with van der Waals surface area (Å²) in [6.07, 6.45) is 3.31. The third-order valence-electron chi connectivity index (χ3n) is 5.88. The van der Waals surface area contributed by atoms with Gasteiger partial charge in [0.2, 0.25) is 5.91 Å². The van der Waals surface area contributed by atoms with Crippen LogP contribution < -0.4 is 5.32 Å². The van der Waals surface area contributed by atoms with E-state index in [-0.39, 0.29) is 16.7 Å². The summed E-state index contributed by atoms with van der Waals surface area (Å²) < 4.78 is 0. The van der Waals surface area contributed by atoms with Crippen molar-refractivity contribution in [3.8, 4) is 0 Å². The topological polar surface area (TPSA) is 29.1 Å². The number of carbonyl (C=O) groups excluding carboxylic acids is 1. The standard InChI is InChI=1S/C21H33NO/c1-14(2)18-10-11-20(5,6)13-21(18,7)19(23)22-17-9-8-15(3)16(4)12-17/h8-9,12,14,18H,10-11,13H2,1-7H3,(H,22,23)/t18?,21-/m0/s1. The summed E-state index contributed by atoms with van der Waals surface area (Å²) in [5.41, 5.74) is 3.34. The van der Waals surface area contributed by atoms with Crippen molar-refractivity contribution in [3.05, 3.63) is 29.3 Å². The fourth-order valence-electron chi connectivity index (χ4n) is 4.49. The van der Waals surface area contributed by atoms with Gasteiger partial charge in [0, 0.05) is 5.69 Å². The van der Waals surface area contributed by atoms with Crippen LogP contribution in [0, 0.1) is 36.5 Å². The highest BCUT2D eigenvalue weighted by Crippen LogP contribution is 2.52. The highest BCUT2D eigenvalue weighted by Gasteiger charge is 2.49. The molecule has 1 fully saturated rings. The Balaban J connectivity index is 2.27. The highest BCUT2D eigenvalue weighted by atomic mass is 16.2. The molecule has 1 aliphatic carbocycles. The summed E-state index contributed by atoms with van der Waals surface area (Å²) >= 11 is 0.